The molecule has 4 heterocycles. The average molecular weight is 1330 g/mol. The quantitative estimate of drug-likeness (QED) is 0.0765. The van der Waals surface area contributed by atoms with Crippen LogP contribution in [0.15, 0.2) is 170 Å². The molecule has 0 unspecified atom stereocenters. The van der Waals surface area contributed by atoms with Gasteiger partial charge in [0.25, 0.3) is 0 Å². The summed E-state index contributed by atoms with van der Waals surface area (Å²) in [5, 5.41) is 4.48. The summed E-state index contributed by atoms with van der Waals surface area (Å²) in [6.45, 7) is 26.5. The lowest BCUT2D eigenvalue weighted by atomic mass is 9.31. The van der Waals surface area contributed by atoms with Gasteiger partial charge < -0.3 is 9.80 Å². The number of halogens is 9. The molecule has 0 aliphatic carbocycles. The van der Waals surface area contributed by atoms with E-state index in [0.29, 0.717) is 61.1 Å². The van der Waals surface area contributed by atoms with Crippen molar-refractivity contribution in [3.8, 4) is 44.5 Å². The predicted octanol–water partition coefficient (Wildman–Crippen LogP) is 22.6. The fraction of sp³-hybridized carbons (Fsp3) is 0.256. The topological polar surface area (TPSA) is 6.48 Å². The number of fused-ring (bicyclic) bond motifs is 8. The Morgan fingerprint density at radius 3 is 1.01 bits per heavy atom. The summed E-state index contributed by atoms with van der Waals surface area (Å²) < 4.78 is 145. The van der Waals surface area contributed by atoms with Crippen molar-refractivity contribution in [1.29, 1.82) is 0 Å². The average Bonchev–Trinajstić information content (AvgIpc) is 0.663. The van der Waals surface area contributed by atoms with Crippen LogP contribution >= 0.6 is 0 Å². The van der Waals surface area contributed by atoms with Crippen molar-refractivity contribution in [2.24, 2.45) is 0 Å². The van der Waals surface area contributed by atoms with Crippen LogP contribution in [-0.4, -0.2) is 13.4 Å². The zero-order valence-electron chi connectivity index (χ0n) is 57.6. The Labute approximate surface area is 573 Å². The number of anilines is 6. The molecule has 4 aliphatic rings. The molecule has 13 heteroatoms. The first-order chi connectivity index (χ1) is 46.9. The molecule has 0 bridgehead atoms. The van der Waals surface area contributed by atoms with Gasteiger partial charge in [-0.2, -0.15) is 39.5 Å². The van der Waals surface area contributed by atoms with Crippen molar-refractivity contribution in [2.45, 2.75) is 144 Å². The van der Waals surface area contributed by atoms with Crippen molar-refractivity contribution in [3.63, 3.8) is 0 Å². The van der Waals surface area contributed by atoms with Crippen LogP contribution in [0.3, 0.4) is 0 Å². The van der Waals surface area contributed by atoms with Gasteiger partial charge in [-0.3, -0.25) is 0 Å². The Bertz CT molecular complexity index is 5330. The van der Waals surface area contributed by atoms with Crippen molar-refractivity contribution in [3.05, 3.63) is 225 Å². The van der Waals surface area contributed by atoms with Crippen LogP contribution in [0.1, 0.15) is 174 Å². The van der Waals surface area contributed by atoms with Gasteiger partial charge in [0, 0.05) is 34.1 Å². The van der Waals surface area contributed by atoms with E-state index in [0.717, 1.165) is 128 Å². The van der Waals surface area contributed by atoms with Crippen LogP contribution in [0.2, 0.25) is 0 Å². The second kappa shape index (κ2) is 22.4. The van der Waals surface area contributed by atoms with Crippen molar-refractivity contribution < 1.29 is 39.5 Å². The van der Waals surface area contributed by atoms with E-state index in [1.54, 1.807) is 35.2 Å². The normalized spacial score (nSPS) is 14.0. The van der Waals surface area contributed by atoms with Gasteiger partial charge in [0.05, 0.1) is 16.7 Å². The van der Waals surface area contributed by atoms with Gasteiger partial charge in [0.15, 0.2) is 0 Å². The standard InChI is InChI=1S/C86H73B2F9N2/c1-42(2)49-29-56(44(5)6)76(57(30-49)45(7)8)60-39-63-67-34-53(86(95,96)97)37-75-83(67)88(69-27-25-51(84(89,90)91)35-73(69)99(75)55-22-18-15-19-23-55)71-41-65-61(77-58(46(9)10)31-50(43(3)4)32-59(77)47(11)12)38-62-66-33-52(85(92,93)94)36-74-82(66)87(70-40-64(60)81(79(63)71)80(65)78(62)70)68-26-24-48(13)28-72(68)98(74)54-20-16-14-17-21-54/h14-47H,1-13H3. The van der Waals surface area contributed by atoms with Crippen molar-refractivity contribution in [2.75, 3.05) is 9.80 Å². The second-order valence-corrected chi connectivity index (χ2v) is 30.0. The molecule has 0 atom stereocenters. The first-order valence-electron chi connectivity index (χ1n) is 34.7. The summed E-state index contributed by atoms with van der Waals surface area (Å²) in [7, 11) is 0. The minimum absolute atomic E-state index is 0.0612. The highest BCUT2D eigenvalue weighted by Gasteiger charge is 2.49. The van der Waals surface area contributed by atoms with E-state index in [4.69, 9.17) is 0 Å². The molecule has 0 aromatic heterocycles. The molecule has 12 aromatic carbocycles. The summed E-state index contributed by atoms with van der Waals surface area (Å²) in [4.78, 5) is 3.57. The fourth-order valence-electron chi connectivity index (χ4n) is 17.3. The summed E-state index contributed by atoms with van der Waals surface area (Å²) in [6, 6.07) is 51.0. The molecule has 0 amide bonds. The number of benzene rings is 12. The zero-order chi connectivity index (χ0) is 69.9. The van der Waals surface area contributed by atoms with E-state index in [1.165, 1.54) is 24.3 Å². The largest absolute Gasteiger partial charge is 0.416 e. The monoisotopic (exact) mass is 1330 g/mol. The van der Waals surface area contributed by atoms with E-state index in [1.807, 2.05) is 42.2 Å². The number of aryl methyl sites for hydroxylation is 1. The van der Waals surface area contributed by atoms with Gasteiger partial charge in [-0.15, -0.1) is 0 Å². The molecule has 0 fully saturated rings. The Hall–Kier alpha value is -9.22. The van der Waals surface area contributed by atoms with Gasteiger partial charge in [-0.05, 0) is 253 Å². The van der Waals surface area contributed by atoms with Crippen LogP contribution in [0.5, 0.6) is 0 Å². The third-order valence-electron chi connectivity index (χ3n) is 21.9. The molecule has 2 nitrogen and oxygen atoms in total. The SMILES string of the molecule is Cc1ccc2c(c1)N(c1ccccc1)c1cc(C(F)(F)F)cc3c1B2c1cc2c(-c4c(C(C)C)cc(C(C)C)cc4C(C)C)cc4c5c(cc6c(-c7c(C(C)C)cc(C(C)C)cc7C(C)C)cc-3c1c6c25)B1c2ccc(C(F)(F)F)cc2N(c2ccccc2)c2cc(C(F)(F)F)cc-4c21. The molecule has 16 rings (SSSR count). The Balaban J connectivity index is 1.21. The molecule has 99 heavy (non-hydrogen) atoms. The first kappa shape index (κ1) is 64.5. The van der Waals surface area contributed by atoms with E-state index < -0.39 is 48.6 Å². The molecule has 12 aromatic rings. The molecule has 4 aliphatic heterocycles. The van der Waals surface area contributed by atoms with Crippen LogP contribution in [0.25, 0.3) is 76.8 Å². The van der Waals surface area contributed by atoms with E-state index in [-0.39, 0.29) is 46.9 Å². The maximum absolute atomic E-state index is 16.4. The van der Waals surface area contributed by atoms with Gasteiger partial charge in [0.1, 0.15) is 0 Å². The van der Waals surface area contributed by atoms with Crippen LogP contribution in [-0.2, 0) is 18.5 Å². The summed E-state index contributed by atoms with van der Waals surface area (Å²) in [5.74, 6) is -0.00954. The number of hydrogen-bond acceptors (Lipinski definition) is 2. The Morgan fingerprint density at radius 1 is 0.303 bits per heavy atom. The summed E-state index contributed by atoms with van der Waals surface area (Å²) >= 11 is 0. The van der Waals surface area contributed by atoms with Gasteiger partial charge >= 0.3 is 18.5 Å². The van der Waals surface area contributed by atoms with Gasteiger partial charge in [-0.1, -0.05) is 191 Å². The van der Waals surface area contributed by atoms with Crippen LogP contribution in [0.4, 0.5) is 73.6 Å². The third kappa shape index (κ3) is 9.68. The first-order valence-corrected chi connectivity index (χ1v) is 34.7. The number of rotatable bonds is 10. The lowest BCUT2D eigenvalue weighted by Crippen LogP contribution is -2.60. The van der Waals surface area contributed by atoms with Crippen molar-refractivity contribution in [1.82, 2.24) is 0 Å². The Morgan fingerprint density at radius 2 is 0.657 bits per heavy atom. The van der Waals surface area contributed by atoms with Crippen molar-refractivity contribution >= 4 is 113 Å². The molecular weight excluding hydrogens is 1250 g/mol. The molecule has 0 spiro atoms. The summed E-state index contributed by atoms with van der Waals surface area (Å²) in [6.07, 6.45) is -14.6. The van der Waals surface area contributed by atoms with E-state index in [2.05, 4.69) is 150 Å². The van der Waals surface area contributed by atoms with E-state index >= 15 is 39.5 Å². The van der Waals surface area contributed by atoms with Crippen LogP contribution in [0, 0.1) is 6.92 Å². The predicted molar refractivity (Wildman–Crippen MR) is 395 cm³/mol. The second-order valence-electron chi connectivity index (χ2n) is 30.0. The molecular formula is C86H73B2F9N2. The fourth-order valence-corrected chi connectivity index (χ4v) is 17.3. The molecule has 0 N–H and O–H groups in total. The zero-order valence-corrected chi connectivity index (χ0v) is 57.6. The lowest BCUT2D eigenvalue weighted by Gasteiger charge is -2.43. The third-order valence-corrected chi connectivity index (χ3v) is 21.9. The minimum atomic E-state index is -4.93. The van der Waals surface area contributed by atoms with Crippen LogP contribution < -0.4 is 42.6 Å². The lowest BCUT2D eigenvalue weighted by molar-refractivity contribution is -0.138. The maximum Gasteiger partial charge on any atom is 0.416 e. The summed E-state index contributed by atoms with van der Waals surface area (Å²) in [5.41, 5.74) is 16.6. The highest BCUT2D eigenvalue weighted by molar-refractivity contribution is 7.02. The molecule has 496 valence electrons. The smallest absolute Gasteiger partial charge is 0.311 e. The Kier molecular flexibility index (Phi) is 14.6. The number of para-hydroxylation sites is 2. The minimum Gasteiger partial charge on any atom is -0.311 e. The van der Waals surface area contributed by atoms with Gasteiger partial charge in [0.2, 0.25) is 13.4 Å². The number of nitrogens with zero attached hydrogens (tertiary/aromatic N) is 2. The molecule has 0 saturated heterocycles. The highest BCUT2D eigenvalue weighted by Crippen LogP contribution is 2.57. The number of alkyl halides is 9. The molecule has 0 radical (unpaired) electrons. The number of hydrogen-bond donors (Lipinski definition) is 0. The van der Waals surface area contributed by atoms with E-state index in [9.17, 15) is 0 Å². The highest BCUT2D eigenvalue weighted by atomic mass is 19.4. The maximum atomic E-state index is 16.4. The molecule has 0 saturated carbocycles. The van der Waals surface area contributed by atoms with Gasteiger partial charge in [-0.25, -0.2) is 0 Å².